The second-order valence-corrected chi connectivity index (χ2v) is 9.21. The average molecular weight is 476 g/mol. The molecule has 32 heavy (non-hydrogen) atoms. The third-order valence-corrected chi connectivity index (χ3v) is 6.92. The smallest absolute Gasteiger partial charge is 0.308 e. The van der Waals surface area contributed by atoms with Gasteiger partial charge < -0.3 is 4.90 Å². The largest absolute Gasteiger partial charge is 0.339 e. The van der Waals surface area contributed by atoms with Gasteiger partial charge in [-0.1, -0.05) is 29.9 Å². The Kier molecular flexibility index (Phi) is 6.74. The highest BCUT2D eigenvalue weighted by Gasteiger charge is 2.23. The summed E-state index contributed by atoms with van der Waals surface area (Å²) in [6.07, 6.45) is 1.08. The predicted molar refractivity (Wildman–Crippen MR) is 124 cm³/mol. The van der Waals surface area contributed by atoms with E-state index in [1.165, 1.54) is 28.8 Å². The first-order valence-electron chi connectivity index (χ1n) is 10.5. The molecule has 0 aliphatic carbocycles. The fraction of sp³-hybridized carbons (Fsp3) is 0.348. The average Bonchev–Trinajstić information content (AvgIpc) is 3.08. The Morgan fingerprint density at radius 2 is 1.78 bits per heavy atom. The van der Waals surface area contributed by atoms with E-state index in [2.05, 4.69) is 11.8 Å². The van der Waals surface area contributed by atoms with E-state index in [-0.39, 0.29) is 33.7 Å². The molecule has 0 atom stereocenters. The summed E-state index contributed by atoms with van der Waals surface area (Å²) in [6, 6.07) is 8.33. The minimum absolute atomic E-state index is 0.0613. The molecule has 6 nitrogen and oxygen atoms in total. The second-order valence-electron chi connectivity index (χ2n) is 7.81. The van der Waals surface area contributed by atoms with Crippen LogP contribution in [-0.4, -0.2) is 58.8 Å². The molecule has 1 fully saturated rings. The fourth-order valence-corrected chi connectivity index (χ4v) is 5.09. The van der Waals surface area contributed by atoms with Gasteiger partial charge in [0.2, 0.25) is 5.91 Å². The highest BCUT2D eigenvalue weighted by Crippen LogP contribution is 2.28. The molecule has 1 amide bonds. The fourth-order valence-electron chi connectivity index (χ4n) is 3.94. The summed E-state index contributed by atoms with van der Waals surface area (Å²) >= 11 is 7.35. The summed E-state index contributed by atoms with van der Waals surface area (Å²) in [5.41, 5.74) is 1.06. The van der Waals surface area contributed by atoms with Gasteiger partial charge in [-0.3, -0.25) is 23.9 Å². The molecule has 0 unspecified atom stereocenters. The molecule has 1 aliphatic rings. The summed E-state index contributed by atoms with van der Waals surface area (Å²) in [7, 11) is 0. The maximum atomic E-state index is 13.2. The van der Waals surface area contributed by atoms with E-state index in [1.54, 1.807) is 17.0 Å². The minimum Gasteiger partial charge on any atom is -0.339 e. The molecule has 0 saturated carbocycles. The number of nitrogens with zero attached hydrogens (tertiary/aromatic N) is 3. The molecule has 0 N–H and O–H groups in total. The summed E-state index contributed by atoms with van der Waals surface area (Å²) in [5.74, 6) is -0.897. The van der Waals surface area contributed by atoms with Crippen LogP contribution in [0, 0.1) is 5.82 Å². The van der Waals surface area contributed by atoms with Crippen LogP contribution < -0.4 is 4.87 Å². The second kappa shape index (κ2) is 9.52. The molecule has 1 saturated heterocycles. The van der Waals surface area contributed by atoms with Gasteiger partial charge in [0.15, 0.2) is 5.78 Å². The van der Waals surface area contributed by atoms with Crippen molar-refractivity contribution in [3.63, 3.8) is 0 Å². The van der Waals surface area contributed by atoms with Gasteiger partial charge in [-0.25, -0.2) is 4.39 Å². The van der Waals surface area contributed by atoms with Crippen LogP contribution in [0.4, 0.5) is 4.39 Å². The Balaban J connectivity index is 1.56. The van der Waals surface area contributed by atoms with Crippen LogP contribution in [0.15, 0.2) is 41.2 Å². The monoisotopic (exact) mass is 475 g/mol. The number of rotatable bonds is 6. The van der Waals surface area contributed by atoms with Gasteiger partial charge in [0.1, 0.15) is 12.4 Å². The van der Waals surface area contributed by atoms with Crippen molar-refractivity contribution < 1.29 is 14.0 Å². The number of piperazine rings is 1. The number of thiazole rings is 1. The number of halogens is 2. The molecule has 3 aromatic rings. The maximum absolute atomic E-state index is 13.2. The summed E-state index contributed by atoms with van der Waals surface area (Å²) in [6.45, 7) is 6.05. The van der Waals surface area contributed by atoms with E-state index >= 15 is 0 Å². The maximum Gasteiger partial charge on any atom is 0.308 e. The number of benzene rings is 2. The van der Waals surface area contributed by atoms with Gasteiger partial charge >= 0.3 is 4.87 Å². The van der Waals surface area contributed by atoms with Crippen molar-refractivity contribution in [2.75, 3.05) is 32.7 Å². The zero-order valence-electron chi connectivity index (χ0n) is 17.6. The molecule has 9 heteroatoms. The van der Waals surface area contributed by atoms with Crippen LogP contribution in [0.5, 0.6) is 0 Å². The van der Waals surface area contributed by atoms with E-state index in [9.17, 15) is 18.8 Å². The summed E-state index contributed by atoms with van der Waals surface area (Å²) in [5, 5.41) is 0.180. The highest BCUT2D eigenvalue weighted by atomic mass is 35.5. The minimum atomic E-state index is -0.435. The first-order valence-corrected chi connectivity index (χ1v) is 11.7. The van der Waals surface area contributed by atoms with Crippen molar-refractivity contribution in [1.29, 1.82) is 0 Å². The number of aromatic nitrogens is 1. The number of carbonyl (C=O) groups is 2. The number of carbonyl (C=O) groups excluding carboxylic acids is 2. The molecule has 2 heterocycles. The molecule has 0 bridgehead atoms. The van der Waals surface area contributed by atoms with Gasteiger partial charge in [-0.2, -0.15) is 0 Å². The van der Waals surface area contributed by atoms with Crippen molar-refractivity contribution in [2.45, 2.75) is 19.9 Å². The van der Waals surface area contributed by atoms with E-state index < -0.39 is 5.82 Å². The van der Waals surface area contributed by atoms with Crippen LogP contribution in [-0.2, 0) is 11.3 Å². The van der Waals surface area contributed by atoms with Gasteiger partial charge in [-0.15, -0.1) is 0 Å². The Morgan fingerprint density at radius 3 is 2.44 bits per heavy atom. The van der Waals surface area contributed by atoms with Crippen LogP contribution in [0.25, 0.3) is 10.2 Å². The van der Waals surface area contributed by atoms with E-state index in [0.717, 1.165) is 37.4 Å². The highest BCUT2D eigenvalue weighted by molar-refractivity contribution is 7.16. The number of ketones is 1. The zero-order valence-corrected chi connectivity index (χ0v) is 19.2. The van der Waals surface area contributed by atoms with E-state index in [0.29, 0.717) is 28.9 Å². The quantitative estimate of drug-likeness (QED) is 0.511. The Hall–Kier alpha value is -2.55. The van der Waals surface area contributed by atoms with Crippen molar-refractivity contribution in [1.82, 2.24) is 14.4 Å². The summed E-state index contributed by atoms with van der Waals surface area (Å²) in [4.78, 5) is 42.1. The summed E-state index contributed by atoms with van der Waals surface area (Å²) < 4.78 is 15.2. The lowest BCUT2D eigenvalue weighted by Crippen LogP contribution is -2.49. The number of amides is 1. The number of fused-ring (bicyclic) bond motifs is 1. The van der Waals surface area contributed by atoms with Crippen molar-refractivity contribution in [3.8, 4) is 0 Å². The zero-order chi connectivity index (χ0) is 22.8. The molecule has 2 aromatic carbocycles. The van der Waals surface area contributed by atoms with Crippen molar-refractivity contribution >= 4 is 44.8 Å². The molecular weight excluding hydrogens is 453 g/mol. The van der Waals surface area contributed by atoms with Gasteiger partial charge in [0, 0.05) is 37.3 Å². The van der Waals surface area contributed by atoms with Crippen LogP contribution in [0.1, 0.15) is 29.3 Å². The van der Waals surface area contributed by atoms with Crippen molar-refractivity contribution in [3.05, 3.63) is 68.0 Å². The Morgan fingerprint density at radius 1 is 1.09 bits per heavy atom. The van der Waals surface area contributed by atoms with Gasteiger partial charge in [0.05, 0.1) is 15.2 Å². The molecule has 1 aromatic heterocycles. The third-order valence-electron chi connectivity index (χ3n) is 5.67. The Bertz CT molecular complexity index is 1210. The van der Waals surface area contributed by atoms with Crippen molar-refractivity contribution in [2.24, 2.45) is 0 Å². The normalized spacial score (nSPS) is 14.8. The van der Waals surface area contributed by atoms with Gasteiger partial charge in [0.25, 0.3) is 0 Å². The molecular formula is C23H23ClFN3O3S. The SMILES string of the molecule is CCCN1CCN(C(=O)Cn2c(=O)sc3cc(C(=O)c4ccc(F)cc4)c(Cl)cc32)CC1. The lowest BCUT2D eigenvalue weighted by Gasteiger charge is -2.34. The van der Waals surface area contributed by atoms with Crippen LogP contribution >= 0.6 is 22.9 Å². The molecule has 1 aliphatic heterocycles. The standard InChI is InChI=1S/C23H23ClFN3O3S/c1-2-7-26-8-10-27(11-9-26)21(29)14-28-19-13-18(24)17(12-20(19)32-23(28)31)22(30)15-3-5-16(25)6-4-15/h3-6,12-13H,2,7-11,14H2,1H3. The van der Waals surface area contributed by atoms with Crippen LogP contribution in [0.2, 0.25) is 5.02 Å². The lowest BCUT2D eigenvalue weighted by atomic mass is 10.0. The molecule has 0 radical (unpaired) electrons. The number of hydrogen-bond donors (Lipinski definition) is 0. The molecule has 0 spiro atoms. The van der Waals surface area contributed by atoms with E-state index in [1.807, 2.05) is 0 Å². The van der Waals surface area contributed by atoms with Crippen LogP contribution in [0.3, 0.4) is 0 Å². The first kappa shape index (κ1) is 22.6. The predicted octanol–water partition coefficient (Wildman–Crippen LogP) is 3.64. The lowest BCUT2D eigenvalue weighted by molar-refractivity contribution is -0.133. The first-order chi connectivity index (χ1) is 15.4. The number of hydrogen-bond acceptors (Lipinski definition) is 5. The van der Waals surface area contributed by atoms with E-state index in [4.69, 9.17) is 11.6 Å². The van der Waals surface area contributed by atoms with Gasteiger partial charge in [-0.05, 0) is 49.4 Å². The third kappa shape index (κ3) is 4.62. The molecule has 168 valence electrons. The molecule has 4 rings (SSSR count). The topological polar surface area (TPSA) is 62.6 Å². The Labute approximate surface area is 193 Å².